The summed E-state index contributed by atoms with van der Waals surface area (Å²) in [5, 5.41) is 2.62. The quantitative estimate of drug-likeness (QED) is 0.194. The van der Waals surface area contributed by atoms with E-state index in [2.05, 4.69) is 105 Å². The topological polar surface area (TPSA) is 52.1 Å². The average molecular weight is 631 g/mol. The van der Waals surface area contributed by atoms with Gasteiger partial charge in [-0.2, -0.15) is 0 Å². The minimum absolute atomic E-state index is 0.0852. The van der Waals surface area contributed by atoms with Crippen molar-refractivity contribution in [1.82, 2.24) is 9.97 Å². The Morgan fingerprint density at radius 3 is 1.71 bits per heavy atom. The third-order valence-corrected chi connectivity index (χ3v) is 10.1. The summed E-state index contributed by atoms with van der Waals surface area (Å²) in [5.74, 6) is 1.12. The number of nitrogens with zero attached hydrogens (tertiary/aromatic N) is 2. The first kappa shape index (κ1) is 27.8. The molecular formula is C45H30N2O2. The molecule has 0 amide bonds. The van der Waals surface area contributed by atoms with Gasteiger partial charge in [-0.15, -0.1) is 0 Å². The lowest BCUT2D eigenvalue weighted by Gasteiger charge is -2.23. The van der Waals surface area contributed by atoms with Crippen LogP contribution in [0.5, 0.6) is 0 Å². The monoisotopic (exact) mass is 630 g/mol. The molecule has 7 aromatic carbocycles. The van der Waals surface area contributed by atoms with E-state index in [9.17, 15) is 0 Å². The van der Waals surface area contributed by atoms with E-state index in [-0.39, 0.29) is 5.41 Å². The predicted octanol–water partition coefficient (Wildman–Crippen LogP) is 12.1. The highest BCUT2D eigenvalue weighted by Crippen LogP contribution is 2.52. The summed E-state index contributed by atoms with van der Waals surface area (Å²) in [6.45, 7) is 4.70. The highest BCUT2D eigenvalue weighted by Gasteiger charge is 2.36. The first-order valence-corrected chi connectivity index (χ1v) is 16.6. The lowest BCUT2D eigenvalue weighted by atomic mass is 9.80. The molecular weight excluding hydrogens is 601 g/mol. The van der Waals surface area contributed by atoms with Gasteiger partial charge in [0.05, 0.1) is 0 Å². The molecule has 2 aromatic heterocycles. The Balaban J connectivity index is 1.11. The van der Waals surface area contributed by atoms with Crippen molar-refractivity contribution < 1.29 is 8.83 Å². The van der Waals surface area contributed by atoms with Gasteiger partial charge < -0.3 is 8.83 Å². The van der Waals surface area contributed by atoms with Crippen molar-refractivity contribution in [2.24, 2.45) is 0 Å². The largest absolute Gasteiger partial charge is 0.436 e. The number of rotatable bonds is 4. The second-order valence-corrected chi connectivity index (χ2v) is 13.4. The molecule has 49 heavy (non-hydrogen) atoms. The minimum Gasteiger partial charge on any atom is -0.436 e. The average Bonchev–Trinajstić information content (AvgIpc) is 3.84. The Labute approximate surface area is 283 Å². The van der Waals surface area contributed by atoms with Crippen molar-refractivity contribution in [2.45, 2.75) is 19.3 Å². The van der Waals surface area contributed by atoms with E-state index < -0.39 is 0 Å². The van der Waals surface area contributed by atoms with Gasteiger partial charge in [-0.3, -0.25) is 0 Å². The smallest absolute Gasteiger partial charge is 0.227 e. The molecule has 0 unspecified atom stereocenters. The van der Waals surface area contributed by atoms with Gasteiger partial charge in [0.15, 0.2) is 11.2 Å². The van der Waals surface area contributed by atoms with Crippen molar-refractivity contribution in [3.63, 3.8) is 0 Å². The standard InChI is InChI=1S/C45H30N2O2/c1-45(2)37-21-19-30(26-36(37)35-20-18-27-10-3-4-13-34(27)42(35)45)28-11-9-12-29(22-28)31-23-32(43-46-38-14-5-7-16-40(38)48-43)25-33(24-31)44-47-39-15-6-8-17-41(39)49-44/h3-26H,1-2H3. The van der Waals surface area contributed by atoms with Crippen molar-refractivity contribution in [2.75, 3.05) is 0 Å². The molecule has 2 heterocycles. The van der Waals surface area contributed by atoms with E-state index in [1.165, 1.54) is 38.6 Å². The third kappa shape index (κ3) is 4.38. The van der Waals surface area contributed by atoms with Crippen molar-refractivity contribution in [3.8, 4) is 56.3 Å². The van der Waals surface area contributed by atoms with Gasteiger partial charge in [0.2, 0.25) is 11.8 Å². The molecule has 9 aromatic rings. The normalized spacial score (nSPS) is 13.3. The Morgan fingerprint density at radius 1 is 0.449 bits per heavy atom. The highest BCUT2D eigenvalue weighted by molar-refractivity contribution is 5.98. The number of benzene rings is 7. The second kappa shape index (κ2) is 10.4. The van der Waals surface area contributed by atoms with E-state index in [1.807, 2.05) is 54.6 Å². The summed E-state index contributed by atoms with van der Waals surface area (Å²) in [6, 6.07) is 51.0. The summed E-state index contributed by atoms with van der Waals surface area (Å²) < 4.78 is 12.5. The number of aromatic nitrogens is 2. The first-order valence-electron chi connectivity index (χ1n) is 16.6. The predicted molar refractivity (Wildman–Crippen MR) is 198 cm³/mol. The summed E-state index contributed by atoms with van der Waals surface area (Å²) in [5.41, 5.74) is 14.7. The van der Waals surface area contributed by atoms with E-state index in [4.69, 9.17) is 18.8 Å². The molecule has 0 radical (unpaired) electrons. The number of hydrogen-bond donors (Lipinski definition) is 0. The maximum Gasteiger partial charge on any atom is 0.227 e. The van der Waals surface area contributed by atoms with Crippen LogP contribution in [-0.2, 0) is 5.41 Å². The fourth-order valence-electron chi connectivity index (χ4n) is 7.71. The Kier molecular flexibility index (Phi) is 5.89. The Hall–Kier alpha value is -6.26. The molecule has 0 saturated carbocycles. The molecule has 10 rings (SSSR count). The van der Waals surface area contributed by atoms with Crippen LogP contribution >= 0.6 is 0 Å². The first-order chi connectivity index (χ1) is 24.0. The van der Waals surface area contributed by atoms with E-state index in [0.29, 0.717) is 11.8 Å². The molecule has 0 aliphatic heterocycles. The van der Waals surface area contributed by atoms with Gasteiger partial charge in [-0.1, -0.05) is 105 Å². The maximum atomic E-state index is 6.24. The molecule has 1 aliphatic rings. The molecule has 0 N–H and O–H groups in total. The zero-order chi connectivity index (χ0) is 32.7. The lowest BCUT2D eigenvalue weighted by molar-refractivity contribution is 0.617. The summed E-state index contributed by atoms with van der Waals surface area (Å²) in [6.07, 6.45) is 0. The summed E-state index contributed by atoms with van der Waals surface area (Å²) >= 11 is 0. The van der Waals surface area contributed by atoms with Gasteiger partial charge in [-0.05, 0) is 110 Å². The van der Waals surface area contributed by atoms with E-state index >= 15 is 0 Å². The molecule has 232 valence electrons. The molecule has 0 fully saturated rings. The van der Waals surface area contributed by atoms with Crippen LogP contribution in [0.2, 0.25) is 0 Å². The fourth-order valence-corrected chi connectivity index (χ4v) is 7.71. The molecule has 0 bridgehead atoms. The number of para-hydroxylation sites is 4. The van der Waals surface area contributed by atoms with Crippen molar-refractivity contribution in [1.29, 1.82) is 0 Å². The second-order valence-electron chi connectivity index (χ2n) is 13.4. The van der Waals surface area contributed by atoms with E-state index in [1.54, 1.807) is 0 Å². The molecule has 0 spiro atoms. The number of hydrogen-bond acceptors (Lipinski definition) is 4. The molecule has 0 atom stereocenters. The van der Waals surface area contributed by atoms with Crippen LogP contribution < -0.4 is 0 Å². The van der Waals surface area contributed by atoms with E-state index in [0.717, 1.165) is 50.0 Å². The van der Waals surface area contributed by atoms with Crippen LogP contribution in [0.25, 0.3) is 89.3 Å². The number of oxazole rings is 2. The Morgan fingerprint density at radius 2 is 1.02 bits per heavy atom. The van der Waals surface area contributed by atoms with Crippen molar-refractivity contribution >= 4 is 33.0 Å². The molecule has 4 heteroatoms. The SMILES string of the molecule is CC1(C)c2ccc(-c3cccc(-c4cc(-c5nc6ccccc6o5)cc(-c5nc6ccccc6o5)c4)c3)cc2-c2ccc3ccccc3c21. The van der Waals surface area contributed by atoms with Crippen LogP contribution in [0.1, 0.15) is 25.0 Å². The van der Waals surface area contributed by atoms with Gasteiger partial charge in [0.1, 0.15) is 11.0 Å². The van der Waals surface area contributed by atoms with Crippen molar-refractivity contribution in [3.05, 3.63) is 157 Å². The Bertz CT molecular complexity index is 2610. The minimum atomic E-state index is -0.0852. The van der Waals surface area contributed by atoms with Gasteiger partial charge >= 0.3 is 0 Å². The lowest BCUT2D eigenvalue weighted by Crippen LogP contribution is -2.15. The van der Waals surface area contributed by atoms with Crippen LogP contribution in [0.3, 0.4) is 0 Å². The maximum absolute atomic E-state index is 6.24. The van der Waals surface area contributed by atoms with Gasteiger partial charge in [0, 0.05) is 16.5 Å². The fraction of sp³-hybridized carbons (Fsp3) is 0.0667. The van der Waals surface area contributed by atoms with Crippen LogP contribution in [0.15, 0.2) is 154 Å². The number of fused-ring (bicyclic) bond motifs is 7. The van der Waals surface area contributed by atoms with Gasteiger partial charge in [0.25, 0.3) is 0 Å². The van der Waals surface area contributed by atoms with Crippen LogP contribution in [0.4, 0.5) is 0 Å². The summed E-state index contributed by atoms with van der Waals surface area (Å²) in [4.78, 5) is 9.65. The molecule has 0 saturated heterocycles. The van der Waals surface area contributed by atoms with Crippen LogP contribution in [0, 0.1) is 0 Å². The zero-order valence-corrected chi connectivity index (χ0v) is 27.1. The molecule has 1 aliphatic carbocycles. The zero-order valence-electron chi connectivity index (χ0n) is 27.1. The highest BCUT2D eigenvalue weighted by atomic mass is 16.4. The summed E-state index contributed by atoms with van der Waals surface area (Å²) in [7, 11) is 0. The molecule has 4 nitrogen and oxygen atoms in total. The van der Waals surface area contributed by atoms with Gasteiger partial charge in [-0.25, -0.2) is 9.97 Å². The third-order valence-electron chi connectivity index (χ3n) is 10.1. The van der Waals surface area contributed by atoms with Crippen LogP contribution in [-0.4, -0.2) is 9.97 Å².